The largest absolute Gasteiger partial charge is 0.353 e. The Morgan fingerprint density at radius 1 is 1.26 bits per heavy atom. The smallest absolute Gasteiger partial charge is 0.224 e. The van der Waals surface area contributed by atoms with E-state index in [2.05, 4.69) is 24.2 Å². The van der Waals surface area contributed by atoms with Crippen LogP contribution in [0.25, 0.3) is 0 Å². The number of piperidine rings is 1. The van der Waals surface area contributed by atoms with E-state index in [4.69, 9.17) is 5.73 Å². The zero-order chi connectivity index (χ0) is 12.4. The SMILES string of the molecule is CC1CC(NC(=O)C2CCCC2N)CCN1C.Cl.Cl. The molecule has 0 aromatic carbocycles. The fourth-order valence-corrected chi connectivity index (χ4v) is 3.04. The van der Waals surface area contributed by atoms with Crippen LogP contribution in [0.3, 0.4) is 0 Å². The van der Waals surface area contributed by atoms with Crippen molar-refractivity contribution in [2.45, 2.75) is 57.2 Å². The monoisotopic (exact) mass is 311 g/mol. The third-order valence-corrected chi connectivity index (χ3v) is 4.46. The Balaban J connectivity index is 0.00000162. The molecule has 0 radical (unpaired) electrons. The fourth-order valence-electron chi connectivity index (χ4n) is 3.04. The van der Waals surface area contributed by atoms with Crippen LogP contribution in [0.5, 0.6) is 0 Å². The van der Waals surface area contributed by atoms with Gasteiger partial charge in [0.1, 0.15) is 0 Å². The Morgan fingerprint density at radius 2 is 1.95 bits per heavy atom. The van der Waals surface area contributed by atoms with Crippen molar-refractivity contribution in [1.29, 1.82) is 0 Å². The van der Waals surface area contributed by atoms with Gasteiger partial charge in [-0.3, -0.25) is 4.79 Å². The second-order valence-electron chi connectivity index (χ2n) is 5.76. The van der Waals surface area contributed by atoms with Gasteiger partial charge in [0.25, 0.3) is 0 Å². The molecule has 114 valence electrons. The van der Waals surface area contributed by atoms with Crippen LogP contribution in [0.1, 0.15) is 39.0 Å². The third kappa shape index (κ3) is 4.78. The second kappa shape index (κ2) is 8.30. The highest BCUT2D eigenvalue weighted by atomic mass is 35.5. The zero-order valence-electron chi connectivity index (χ0n) is 11.8. The molecule has 2 fully saturated rings. The standard InChI is InChI=1S/C13H25N3O.2ClH/c1-9-8-10(6-7-16(9)2)15-13(17)11-4-3-5-12(11)14;;/h9-12H,3-8,14H2,1-2H3,(H,15,17);2*1H. The number of nitrogens with one attached hydrogen (secondary N) is 1. The Morgan fingerprint density at radius 3 is 2.47 bits per heavy atom. The quantitative estimate of drug-likeness (QED) is 0.813. The predicted octanol–water partition coefficient (Wildman–Crippen LogP) is 1.56. The van der Waals surface area contributed by atoms with Crippen LogP contribution in [0, 0.1) is 5.92 Å². The number of hydrogen-bond donors (Lipinski definition) is 2. The Kier molecular flexibility index (Phi) is 8.29. The summed E-state index contributed by atoms with van der Waals surface area (Å²) in [6, 6.07) is 0.992. The predicted molar refractivity (Wildman–Crippen MR) is 83.1 cm³/mol. The van der Waals surface area contributed by atoms with Crippen molar-refractivity contribution in [2.24, 2.45) is 11.7 Å². The highest BCUT2D eigenvalue weighted by Crippen LogP contribution is 2.25. The molecule has 6 heteroatoms. The van der Waals surface area contributed by atoms with Gasteiger partial charge in [-0.2, -0.15) is 0 Å². The molecule has 1 saturated carbocycles. The molecule has 0 bridgehead atoms. The van der Waals surface area contributed by atoms with E-state index >= 15 is 0 Å². The summed E-state index contributed by atoms with van der Waals surface area (Å²) in [4.78, 5) is 14.5. The summed E-state index contributed by atoms with van der Waals surface area (Å²) in [7, 11) is 2.15. The van der Waals surface area contributed by atoms with E-state index in [-0.39, 0.29) is 42.7 Å². The number of halogens is 2. The molecule has 0 aromatic rings. The maximum Gasteiger partial charge on any atom is 0.224 e. The normalized spacial score (nSPS) is 35.1. The number of likely N-dealkylation sites (tertiary alicyclic amines) is 1. The van der Waals surface area contributed by atoms with Gasteiger partial charge in [-0.1, -0.05) is 6.42 Å². The highest BCUT2D eigenvalue weighted by molar-refractivity contribution is 5.85. The van der Waals surface area contributed by atoms with E-state index in [0.717, 1.165) is 38.6 Å². The van der Waals surface area contributed by atoms with Crippen molar-refractivity contribution in [2.75, 3.05) is 13.6 Å². The molecule has 2 rings (SSSR count). The van der Waals surface area contributed by atoms with Crippen LogP contribution in [0.2, 0.25) is 0 Å². The number of carbonyl (C=O) groups is 1. The van der Waals surface area contributed by atoms with Crippen LogP contribution >= 0.6 is 24.8 Å². The van der Waals surface area contributed by atoms with Gasteiger partial charge in [-0.25, -0.2) is 0 Å². The topological polar surface area (TPSA) is 58.4 Å². The molecule has 4 unspecified atom stereocenters. The number of rotatable bonds is 2. The molecule has 1 aliphatic heterocycles. The van der Waals surface area contributed by atoms with Crippen molar-refractivity contribution in [3.63, 3.8) is 0 Å². The molecule has 1 amide bonds. The summed E-state index contributed by atoms with van der Waals surface area (Å²) in [6.45, 7) is 3.29. The lowest BCUT2D eigenvalue weighted by Crippen LogP contribution is -2.50. The summed E-state index contributed by atoms with van der Waals surface area (Å²) in [6.07, 6.45) is 5.19. The molecule has 3 N–H and O–H groups in total. The fraction of sp³-hybridized carbons (Fsp3) is 0.923. The molecular formula is C13H27Cl2N3O. The molecule has 1 heterocycles. The number of nitrogens with zero attached hydrogens (tertiary/aromatic N) is 1. The minimum absolute atomic E-state index is 0. The van der Waals surface area contributed by atoms with E-state index in [1.165, 1.54) is 0 Å². The first-order valence-corrected chi connectivity index (χ1v) is 6.84. The van der Waals surface area contributed by atoms with Crippen LogP contribution in [0.15, 0.2) is 0 Å². The van der Waals surface area contributed by atoms with E-state index in [1.807, 2.05) is 0 Å². The first-order chi connectivity index (χ1) is 8.08. The number of amides is 1. The molecule has 1 aliphatic carbocycles. The number of hydrogen-bond acceptors (Lipinski definition) is 3. The first kappa shape index (κ1) is 19.0. The molecule has 19 heavy (non-hydrogen) atoms. The van der Waals surface area contributed by atoms with Crippen molar-refractivity contribution < 1.29 is 4.79 Å². The molecule has 0 spiro atoms. The van der Waals surface area contributed by atoms with E-state index < -0.39 is 0 Å². The molecule has 4 nitrogen and oxygen atoms in total. The van der Waals surface area contributed by atoms with E-state index in [1.54, 1.807) is 0 Å². The molecule has 1 saturated heterocycles. The lowest BCUT2D eigenvalue weighted by molar-refractivity contribution is -0.126. The summed E-state index contributed by atoms with van der Waals surface area (Å²) in [5.74, 6) is 0.252. The second-order valence-corrected chi connectivity index (χ2v) is 5.76. The molecule has 4 atom stereocenters. The van der Waals surface area contributed by atoms with Crippen LogP contribution in [-0.4, -0.2) is 42.5 Å². The Hall–Kier alpha value is -0.0300. The third-order valence-electron chi connectivity index (χ3n) is 4.46. The first-order valence-electron chi connectivity index (χ1n) is 6.84. The summed E-state index contributed by atoms with van der Waals surface area (Å²) in [5.41, 5.74) is 5.97. The minimum atomic E-state index is 0. The lowest BCUT2D eigenvalue weighted by Gasteiger charge is -2.35. The van der Waals surface area contributed by atoms with Gasteiger partial charge in [0, 0.05) is 24.7 Å². The van der Waals surface area contributed by atoms with Gasteiger partial charge >= 0.3 is 0 Å². The molecular weight excluding hydrogens is 285 g/mol. The van der Waals surface area contributed by atoms with Crippen LogP contribution in [0.4, 0.5) is 0 Å². The highest BCUT2D eigenvalue weighted by Gasteiger charge is 2.32. The average Bonchev–Trinajstić information content (AvgIpc) is 2.70. The van der Waals surface area contributed by atoms with Gasteiger partial charge in [-0.05, 0) is 39.7 Å². The van der Waals surface area contributed by atoms with Crippen molar-refractivity contribution in [3.8, 4) is 0 Å². The summed E-state index contributed by atoms with van der Waals surface area (Å²) >= 11 is 0. The Labute approximate surface area is 128 Å². The maximum atomic E-state index is 12.1. The minimum Gasteiger partial charge on any atom is -0.353 e. The van der Waals surface area contributed by atoms with Crippen molar-refractivity contribution in [3.05, 3.63) is 0 Å². The molecule has 0 aromatic heterocycles. The van der Waals surface area contributed by atoms with Crippen molar-refractivity contribution >= 4 is 30.7 Å². The molecule has 2 aliphatic rings. The number of carbonyl (C=O) groups excluding carboxylic acids is 1. The van der Waals surface area contributed by atoms with Crippen LogP contribution in [-0.2, 0) is 4.79 Å². The Bertz CT molecular complexity index is 291. The van der Waals surface area contributed by atoms with Gasteiger partial charge in [-0.15, -0.1) is 24.8 Å². The van der Waals surface area contributed by atoms with Crippen LogP contribution < -0.4 is 11.1 Å². The van der Waals surface area contributed by atoms with Gasteiger partial charge in [0.15, 0.2) is 0 Å². The average molecular weight is 312 g/mol. The van der Waals surface area contributed by atoms with E-state index in [0.29, 0.717) is 12.1 Å². The lowest BCUT2D eigenvalue weighted by atomic mass is 9.97. The van der Waals surface area contributed by atoms with Crippen molar-refractivity contribution in [1.82, 2.24) is 10.2 Å². The number of nitrogens with two attached hydrogens (primary N) is 1. The van der Waals surface area contributed by atoms with Gasteiger partial charge in [0.2, 0.25) is 5.91 Å². The zero-order valence-corrected chi connectivity index (χ0v) is 13.4. The van der Waals surface area contributed by atoms with Gasteiger partial charge in [0.05, 0.1) is 5.92 Å². The summed E-state index contributed by atoms with van der Waals surface area (Å²) in [5, 5.41) is 3.20. The van der Waals surface area contributed by atoms with Gasteiger partial charge < -0.3 is 16.0 Å². The van der Waals surface area contributed by atoms with E-state index in [9.17, 15) is 4.79 Å². The summed E-state index contributed by atoms with van der Waals surface area (Å²) < 4.78 is 0. The maximum absolute atomic E-state index is 12.1.